The molecule has 1 amide bonds. The summed E-state index contributed by atoms with van der Waals surface area (Å²) in [4.78, 5) is 15.9. The molecular weight excluding hydrogens is 288 g/mol. The Morgan fingerprint density at radius 1 is 1.38 bits per heavy atom. The molecule has 5 heteroatoms. The second kappa shape index (κ2) is 4.76. The van der Waals surface area contributed by atoms with Crippen molar-refractivity contribution in [2.45, 2.75) is 6.92 Å². The largest absolute Gasteiger partial charge is 0.321 e. The Kier molecular flexibility index (Phi) is 3.36. The fourth-order valence-corrected chi connectivity index (χ4v) is 2.05. The lowest BCUT2D eigenvalue weighted by atomic mass is 10.3. The number of benzene rings is 1. The normalized spacial score (nSPS) is 10.1. The van der Waals surface area contributed by atoms with E-state index in [1.807, 2.05) is 31.2 Å². The summed E-state index contributed by atoms with van der Waals surface area (Å²) in [5.41, 5.74) is 1.23. The van der Waals surface area contributed by atoms with Gasteiger partial charge in [-0.2, -0.15) is 0 Å². The molecule has 82 valence electrons. The van der Waals surface area contributed by atoms with Gasteiger partial charge in [0.05, 0.1) is 5.01 Å². The highest BCUT2D eigenvalue weighted by Crippen LogP contribution is 2.15. The first-order valence-corrected chi connectivity index (χ1v) is 6.31. The highest BCUT2D eigenvalue weighted by Gasteiger charge is 2.08. The topological polar surface area (TPSA) is 42.0 Å². The van der Waals surface area contributed by atoms with Crippen molar-refractivity contribution >= 4 is 38.9 Å². The zero-order valence-electron chi connectivity index (χ0n) is 8.53. The second-order valence-electron chi connectivity index (χ2n) is 3.21. The van der Waals surface area contributed by atoms with Crippen LogP contribution in [0.5, 0.6) is 0 Å². The van der Waals surface area contributed by atoms with Crippen LogP contribution in [0.4, 0.5) is 5.69 Å². The van der Waals surface area contributed by atoms with E-state index in [1.54, 1.807) is 5.38 Å². The maximum atomic E-state index is 11.7. The summed E-state index contributed by atoms with van der Waals surface area (Å²) >= 11 is 4.80. The average molecular weight is 297 g/mol. The molecule has 0 bridgehead atoms. The molecule has 2 aromatic rings. The first-order chi connectivity index (χ1) is 7.65. The number of carbonyl (C=O) groups excluding carboxylic acids is 1. The van der Waals surface area contributed by atoms with Crippen molar-refractivity contribution in [3.8, 4) is 0 Å². The molecule has 2 rings (SSSR count). The smallest absolute Gasteiger partial charge is 0.275 e. The van der Waals surface area contributed by atoms with Gasteiger partial charge in [0, 0.05) is 15.5 Å². The van der Waals surface area contributed by atoms with Gasteiger partial charge in [0.15, 0.2) is 0 Å². The molecule has 0 saturated carbocycles. The number of thiazole rings is 1. The molecule has 0 spiro atoms. The SMILES string of the molecule is Cc1nc(C(=O)Nc2ccc(Br)cc2)cs1. The van der Waals surface area contributed by atoms with Crippen molar-refractivity contribution < 1.29 is 4.79 Å². The van der Waals surface area contributed by atoms with E-state index in [0.29, 0.717) is 5.69 Å². The Labute approximate surface area is 106 Å². The van der Waals surface area contributed by atoms with Gasteiger partial charge in [0.25, 0.3) is 5.91 Å². The Balaban J connectivity index is 2.10. The number of hydrogen-bond donors (Lipinski definition) is 1. The highest BCUT2D eigenvalue weighted by molar-refractivity contribution is 9.10. The van der Waals surface area contributed by atoms with Gasteiger partial charge in [0.1, 0.15) is 5.69 Å². The predicted octanol–water partition coefficient (Wildman–Crippen LogP) is 3.47. The van der Waals surface area contributed by atoms with E-state index >= 15 is 0 Å². The fourth-order valence-electron chi connectivity index (χ4n) is 1.20. The van der Waals surface area contributed by atoms with Gasteiger partial charge in [-0.1, -0.05) is 15.9 Å². The molecule has 0 saturated heterocycles. The first-order valence-electron chi connectivity index (χ1n) is 4.64. The monoisotopic (exact) mass is 296 g/mol. The van der Waals surface area contributed by atoms with Crippen LogP contribution < -0.4 is 5.32 Å². The number of amides is 1. The van der Waals surface area contributed by atoms with E-state index in [4.69, 9.17) is 0 Å². The Morgan fingerprint density at radius 2 is 2.06 bits per heavy atom. The van der Waals surface area contributed by atoms with Crippen LogP contribution in [0.25, 0.3) is 0 Å². The zero-order valence-corrected chi connectivity index (χ0v) is 10.9. The van der Waals surface area contributed by atoms with Crippen LogP contribution in [0.2, 0.25) is 0 Å². The third kappa shape index (κ3) is 2.68. The van der Waals surface area contributed by atoms with Crippen molar-refractivity contribution in [1.29, 1.82) is 0 Å². The minimum absolute atomic E-state index is 0.174. The molecule has 0 unspecified atom stereocenters. The standard InChI is InChI=1S/C11H9BrN2OS/c1-7-13-10(6-16-7)11(15)14-9-4-2-8(12)3-5-9/h2-6H,1H3,(H,14,15). The quantitative estimate of drug-likeness (QED) is 0.922. The van der Waals surface area contributed by atoms with Crippen LogP contribution in [-0.2, 0) is 0 Å². The van der Waals surface area contributed by atoms with E-state index in [9.17, 15) is 4.79 Å². The molecule has 0 fully saturated rings. The number of carbonyl (C=O) groups is 1. The van der Waals surface area contributed by atoms with Crippen LogP contribution in [0.1, 0.15) is 15.5 Å². The number of rotatable bonds is 2. The highest BCUT2D eigenvalue weighted by atomic mass is 79.9. The van der Waals surface area contributed by atoms with Gasteiger partial charge in [-0.3, -0.25) is 4.79 Å². The number of nitrogens with one attached hydrogen (secondary N) is 1. The van der Waals surface area contributed by atoms with E-state index < -0.39 is 0 Å². The lowest BCUT2D eigenvalue weighted by molar-refractivity contribution is 0.102. The molecule has 0 radical (unpaired) electrons. The fraction of sp³-hybridized carbons (Fsp3) is 0.0909. The molecule has 16 heavy (non-hydrogen) atoms. The van der Waals surface area contributed by atoms with Crippen LogP contribution >= 0.6 is 27.3 Å². The summed E-state index contributed by atoms with van der Waals surface area (Å²) in [5.74, 6) is -0.174. The number of nitrogens with zero attached hydrogens (tertiary/aromatic N) is 1. The molecule has 0 aliphatic rings. The number of hydrogen-bond acceptors (Lipinski definition) is 3. The molecule has 1 heterocycles. The first kappa shape index (κ1) is 11.3. The molecule has 0 atom stereocenters. The summed E-state index contributed by atoms with van der Waals surface area (Å²) in [6, 6.07) is 7.42. The lowest BCUT2D eigenvalue weighted by Crippen LogP contribution is -2.12. The third-order valence-corrected chi connectivity index (χ3v) is 3.26. The molecule has 3 nitrogen and oxygen atoms in total. The molecule has 1 N–H and O–H groups in total. The van der Waals surface area contributed by atoms with Crippen molar-refractivity contribution in [2.24, 2.45) is 0 Å². The Bertz CT molecular complexity index is 507. The van der Waals surface area contributed by atoms with Crippen LogP contribution in [-0.4, -0.2) is 10.9 Å². The summed E-state index contributed by atoms with van der Waals surface area (Å²) in [6.07, 6.45) is 0. The molecule has 1 aromatic heterocycles. The Hall–Kier alpha value is -1.20. The van der Waals surface area contributed by atoms with E-state index in [0.717, 1.165) is 15.2 Å². The number of aromatic nitrogens is 1. The summed E-state index contributed by atoms with van der Waals surface area (Å²) in [6.45, 7) is 1.88. The van der Waals surface area contributed by atoms with Crippen LogP contribution in [0.3, 0.4) is 0 Å². The average Bonchev–Trinajstić information content (AvgIpc) is 2.68. The Morgan fingerprint density at radius 3 is 2.62 bits per heavy atom. The van der Waals surface area contributed by atoms with Crippen molar-refractivity contribution in [1.82, 2.24) is 4.98 Å². The van der Waals surface area contributed by atoms with E-state index in [1.165, 1.54) is 11.3 Å². The summed E-state index contributed by atoms with van der Waals surface area (Å²) in [5, 5.41) is 5.43. The predicted molar refractivity (Wildman–Crippen MR) is 68.9 cm³/mol. The zero-order chi connectivity index (χ0) is 11.5. The lowest BCUT2D eigenvalue weighted by Gasteiger charge is -2.02. The maximum Gasteiger partial charge on any atom is 0.275 e. The van der Waals surface area contributed by atoms with Crippen LogP contribution in [0, 0.1) is 6.92 Å². The van der Waals surface area contributed by atoms with Gasteiger partial charge in [0.2, 0.25) is 0 Å². The second-order valence-corrected chi connectivity index (χ2v) is 5.19. The van der Waals surface area contributed by atoms with E-state index in [-0.39, 0.29) is 5.91 Å². The number of halogens is 1. The summed E-state index contributed by atoms with van der Waals surface area (Å²) in [7, 11) is 0. The van der Waals surface area contributed by atoms with Gasteiger partial charge >= 0.3 is 0 Å². The minimum Gasteiger partial charge on any atom is -0.321 e. The van der Waals surface area contributed by atoms with Crippen molar-refractivity contribution in [3.05, 3.63) is 44.8 Å². The number of aryl methyl sites for hydroxylation is 1. The minimum atomic E-state index is -0.174. The van der Waals surface area contributed by atoms with Gasteiger partial charge in [-0.05, 0) is 31.2 Å². The van der Waals surface area contributed by atoms with Gasteiger partial charge in [-0.25, -0.2) is 4.98 Å². The van der Waals surface area contributed by atoms with Crippen molar-refractivity contribution in [3.63, 3.8) is 0 Å². The van der Waals surface area contributed by atoms with E-state index in [2.05, 4.69) is 26.2 Å². The van der Waals surface area contributed by atoms with Crippen LogP contribution in [0.15, 0.2) is 34.1 Å². The third-order valence-electron chi connectivity index (χ3n) is 1.95. The van der Waals surface area contributed by atoms with Gasteiger partial charge < -0.3 is 5.32 Å². The number of anilines is 1. The maximum absolute atomic E-state index is 11.7. The summed E-state index contributed by atoms with van der Waals surface area (Å²) < 4.78 is 0.981. The van der Waals surface area contributed by atoms with Crippen molar-refractivity contribution in [2.75, 3.05) is 5.32 Å². The van der Waals surface area contributed by atoms with Gasteiger partial charge in [-0.15, -0.1) is 11.3 Å². The molecule has 0 aliphatic heterocycles. The molecule has 0 aliphatic carbocycles. The molecular formula is C11H9BrN2OS. The molecule has 1 aromatic carbocycles.